The number of hydrogen-bond acceptors (Lipinski definition) is 5. The molecule has 0 aromatic heterocycles. The van der Waals surface area contributed by atoms with Crippen LogP contribution in [0.3, 0.4) is 0 Å². The van der Waals surface area contributed by atoms with Gasteiger partial charge in [-0.2, -0.15) is 0 Å². The zero-order valence-electron chi connectivity index (χ0n) is 18.6. The molecule has 0 aliphatic heterocycles. The van der Waals surface area contributed by atoms with E-state index in [0.717, 1.165) is 11.1 Å². The van der Waals surface area contributed by atoms with Crippen LogP contribution in [0, 0.1) is 0 Å². The molecule has 0 spiro atoms. The van der Waals surface area contributed by atoms with Crippen LogP contribution in [0.2, 0.25) is 26.2 Å². The highest BCUT2D eigenvalue weighted by Crippen LogP contribution is 2.17. The molecule has 0 amide bonds. The first-order valence-electron chi connectivity index (χ1n) is 10.0. The van der Waals surface area contributed by atoms with E-state index in [0.29, 0.717) is 11.1 Å². The molecule has 7 heteroatoms. The van der Waals surface area contributed by atoms with Crippen molar-refractivity contribution in [3.8, 4) is 0 Å². The van der Waals surface area contributed by atoms with E-state index >= 15 is 0 Å². The SMILES string of the molecule is C=Cc1ccc(C(=O)OC[Si](C)(C)O[Si](C)(C)COC(=O)c2ccc(C=C)cc2)cc1. The molecule has 31 heavy (non-hydrogen) atoms. The average Bonchev–Trinajstić information content (AvgIpc) is 2.75. The number of esters is 2. The van der Waals surface area contributed by atoms with Crippen LogP contribution in [-0.4, -0.2) is 41.0 Å². The average molecular weight is 455 g/mol. The molecule has 0 radical (unpaired) electrons. The molecular weight excluding hydrogens is 424 g/mol. The predicted molar refractivity (Wildman–Crippen MR) is 130 cm³/mol. The molecule has 0 unspecified atom stereocenters. The van der Waals surface area contributed by atoms with E-state index in [2.05, 4.69) is 13.2 Å². The second-order valence-corrected chi connectivity index (χ2v) is 16.9. The Morgan fingerprint density at radius 1 is 0.710 bits per heavy atom. The minimum atomic E-state index is -2.32. The minimum absolute atomic E-state index is 0.225. The van der Waals surface area contributed by atoms with Crippen LogP contribution in [0.5, 0.6) is 0 Å². The molecule has 0 fully saturated rings. The van der Waals surface area contributed by atoms with Crippen molar-refractivity contribution in [2.75, 3.05) is 12.5 Å². The van der Waals surface area contributed by atoms with Gasteiger partial charge in [-0.15, -0.1) is 0 Å². The number of benzene rings is 2. The molecule has 0 N–H and O–H groups in total. The van der Waals surface area contributed by atoms with Gasteiger partial charge in [0.2, 0.25) is 16.6 Å². The van der Waals surface area contributed by atoms with Crippen LogP contribution in [0.4, 0.5) is 0 Å². The fourth-order valence-electron chi connectivity index (χ4n) is 2.96. The Balaban J connectivity index is 1.87. The molecule has 0 bridgehead atoms. The molecule has 2 aromatic carbocycles. The van der Waals surface area contributed by atoms with Gasteiger partial charge in [0.25, 0.3) is 0 Å². The Kier molecular flexibility index (Phi) is 8.32. The van der Waals surface area contributed by atoms with Crippen LogP contribution in [0.1, 0.15) is 31.8 Å². The van der Waals surface area contributed by atoms with Gasteiger partial charge in [0.05, 0.1) is 11.1 Å². The molecule has 164 valence electrons. The van der Waals surface area contributed by atoms with E-state index in [1.807, 2.05) is 50.5 Å². The van der Waals surface area contributed by atoms with E-state index in [-0.39, 0.29) is 24.4 Å². The van der Waals surface area contributed by atoms with Crippen molar-refractivity contribution in [1.29, 1.82) is 0 Å². The third kappa shape index (κ3) is 7.78. The van der Waals surface area contributed by atoms with Gasteiger partial charge in [-0.25, -0.2) is 9.59 Å². The lowest BCUT2D eigenvalue weighted by Gasteiger charge is -2.33. The summed E-state index contributed by atoms with van der Waals surface area (Å²) in [7, 11) is -4.63. The molecule has 0 aliphatic carbocycles. The zero-order valence-corrected chi connectivity index (χ0v) is 20.6. The fraction of sp³-hybridized carbons (Fsp3) is 0.250. The maximum atomic E-state index is 12.3. The van der Waals surface area contributed by atoms with Crippen molar-refractivity contribution < 1.29 is 23.2 Å². The summed E-state index contributed by atoms with van der Waals surface area (Å²) in [6, 6.07) is 14.1. The molecule has 0 heterocycles. The molecule has 0 atom stereocenters. The summed E-state index contributed by atoms with van der Waals surface area (Å²) in [6.07, 6.45) is 3.88. The van der Waals surface area contributed by atoms with Crippen LogP contribution in [0.25, 0.3) is 12.2 Å². The van der Waals surface area contributed by atoms with Crippen LogP contribution < -0.4 is 0 Å². The first-order valence-corrected chi connectivity index (χ1v) is 16.3. The molecular formula is C24H30O5Si2. The lowest BCUT2D eigenvalue weighted by atomic mass is 10.1. The molecule has 2 aromatic rings. The van der Waals surface area contributed by atoms with Crippen molar-refractivity contribution in [3.05, 3.63) is 83.9 Å². The standard InChI is InChI=1S/C24H30O5Si2/c1-7-19-9-13-21(14-10-19)23(25)27-17-30(3,4)29-31(5,6)18-28-24(26)22-15-11-20(8-2)12-16-22/h7-16H,1-2,17-18H2,3-6H3. The number of ether oxygens (including phenoxy) is 2. The number of carbonyl (C=O) groups excluding carboxylic acids is 2. The minimum Gasteiger partial charge on any atom is -0.463 e. The Labute approximate surface area is 186 Å². The smallest absolute Gasteiger partial charge is 0.337 e. The Bertz CT molecular complexity index is 854. The Hall–Kier alpha value is -2.75. The second-order valence-electron chi connectivity index (χ2n) is 8.43. The normalized spacial score (nSPS) is 11.5. The summed E-state index contributed by atoms with van der Waals surface area (Å²) in [4.78, 5) is 24.7. The van der Waals surface area contributed by atoms with Gasteiger partial charge in [-0.1, -0.05) is 49.6 Å². The number of carbonyl (C=O) groups is 2. The summed E-state index contributed by atoms with van der Waals surface area (Å²) < 4.78 is 17.4. The third-order valence-corrected chi connectivity index (χ3v) is 10.5. The highest BCUT2D eigenvalue weighted by atomic mass is 28.4. The van der Waals surface area contributed by atoms with Crippen molar-refractivity contribution in [1.82, 2.24) is 0 Å². The van der Waals surface area contributed by atoms with E-state index < -0.39 is 16.6 Å². The summed E-state index contributed by atoms with van der Waals surface area (Å²) in [6.45, 7) is 15.4. The topological polar surface area (TPSA) is 61.8 Å². The first kappa shape index (κ1) is 24.5. The zero-order chi connectivity index (χ0) is 23.1. The Morgan fingerprint density at radius 3 is 1.32 bits per heavy atom. The lowest BCUT2D eigenvalue weighted by molar-refractivity contribution is 0.0549. The molecule has 0 aliphatic rings. The molecule has 0 saturated carbocycles. The maximum Gasteiger partial charge on any atom is 0.337 e. The predicted octanol–water partition coefficient (Wildman–Crippen LogP) is 5.49. The van der Waals surface area contributed by atoms with Gasteiger partial charge < -0.3 is 13.6 Å². The van der Waals surface area contributed by atoms with E-state index in [4.69, 9.17) is 13.6 Å². The highest BCUT2D eigenvalue weighted by molar-refractivity contribution is 6.84. The van der Waals surface area contributed by atoms with Crippen molar-refractivity contribution in [2.45, 2.75) is 26.2 Å². The van der Waals surface area contributed by atoms with E-state index in [9.17, 15) is 9.59 Å². The summed E-state index contributed by atoms with van der Waals surface area (Å²) in [5, 5.41) is 0. The molecule has 2 rings (SSSR count). The van der Waals surface area contributed by atoms with Crippen molar-refractivity contribution in [3.63, 3.8) is 0 Å². The van der Waals surface area contributed by atoms with Gasteiger partial charge in [0, 0.05) is 0 Å². The van der Waals surface area contributed by atoms with Crippen LogP contribution >= 0.6 is 0 Å². The van der Waals surface area contributed by atoms with Crippen LogP contribution in [0.15, 0.2) is 61.7 Å². The van der Waals surface area contributed by atoms with Gasteiger partial charge in [0.15, 0.2) is 0 Å². The lowest BCUT2D eigenvalue weighted by Crippen LogP contribution is -2.51. The first-order chi connectivity index (χ1) is 14.5. The maximum absolute atomic E-state index is 12.3. The summed E-state index contributed by atoms with van der Waals surface area (Å²) in [5.41, 5.74) is 2.86. The summed E-state index contributed by atoms with van der Waals surface area (Å²) >= 11 is 0. The summed E-state index contributed by atoms with van der Waals surface area (Å²) in [5.74, 6) is -0.762. The van der Waals surface area contributed by atoms with Gasteiger partial charge in [-0.05, 0) is 61.6 Å². The monoisotopic (exact) mass is 454 g/mol. The molecule has 0 saturated heterocycles. The largest absolute Gasteiger partial charge is 0.463 e. The second kappa shape index (κ2) is 10.5. The molecule has 5 nitrogen and oxygen atoms in total. The van der Waals surface area contributed by atoms with Gasteiger partial charge in [-0.3, -0.25) is 0 Å². The van der Waals surface area contributed by atoms with Crippen molar-refractivity contribution >= 4 is 40.7 Å². The van der Waals surface area contributed by atoms with Gasteiger partial charge in [0.1, 0.15) is 12.5 Å². The van der Waals surface area contributed by atoms with Crippen molar-refractivity contribution in [2.24, 2.45) is 0 Å². The highest BCUT2D eigenvalue weighted by Gasteiger charge is 2.35. The van der Waals surface area contributed by atoms with Crippen LogP contribution in [-0.2, 0) is 13.6 Å². The number of rotatable bonds is 10. The van der Waals surface area contributed by atoms with E-state index in [1.165, 1.54) is 0 Å². The third-order valence-electron chi connectivity index (χ3n) is 4.42. The van der Waals surface area contributed by atoms with E-state index in [1.54, 1.807) is 36.4 Å². The van der Waals surface area contributed by atoms with Gasteiger partial charge >= 0.3 is 11.9 Å². The fourth-order valence-corrected chi connectivity index (χ4v) is 10.4. The Morgan fingerprint density at radius 2 is 1.03 bits per heavy atom. The number of hydrogen-bond donors (Lipinski definition) is 0. The quantitative estimate of drug-likeness (QED) is 0.351.